The molecule has 0 atom stereocenters. The molecular weight excluding hydrogens is 413 g/mol. The Morgan fingerprint density at radius 1 is 1.09 bits per heavy atom. The molecule has 5 aromatic rings. The van der Waals surface area contributed by atoms with Crippen LogP contribution >= 0.6 is 0 Å². The van der Waals surface area contributed by atoms with E-state index in [9.17, 15) is 14.0 Å². The molecule has 5 rings (SSSR count). The summed E-state index contributed by atoms with van der Waals surface area (Å²) >= 11 is 0. The van der Waals surface area contributed by atoms with Crippen molar-refractivity contribution >= 4 is 16.9 Å². The summed E-state index contributed by atoms with van der Waals surface area (Å²) in [6.45, 7) is 3.31. The van der Waals surface area contributed by atoms with E-state index in [1.165, 1.54) is 10.6 Å². The maximum atomic E-state index is 14.2. The standard InChI is InChI=1S/C22H22FN7O2/c1-15-12-29-18-19(25-21(29)28(15)10-5-9-27-11-8-24-14-27)26(2)22(32)30(20(18)31)13-16-6-3-4-7-17(16)23/h3-4,6-8,11-12,14H,5,9-10,13H2,1-2H3. The second-order valence-corrected chi connectivity index (χ2v) is 7.85. The summed E-state index contributed by atoms with van der Waals surface area (Å²) in [5.41, 5.74) is 0.816. The summed E-state index contributed by atoms with van der Waals surface area (Å²) in [6, 6.07) is 6.13. The molecule has 0 unspecified atom stereocenters. The molecule has 0 aliphatic rings. The largest absolute Gasteiger partial charge is 0.337 e. The highest BCUT2D eigenvalue weighted by Crippen LogP contribution is 2.17. The second-order valence-electron chi connectivity index (χ2n) is 7.85. The molecule has 0 fully saturated rings. The Hall–Kier alpha value is -3.95. The van der Waals surface area contributed by atoms with Crippen LogP contribution in [0.5, 0.6) is 0 Å². The van der Waals surface area contributed by atoms with E-state index in [4.69, 9.17) is 0 Å². The summed E-state index contributed by atoms with van der Waals surface area (Å²) in [5, 5.41) is 0. The maximum absolute atomic E-state index is 14.2. The molecule has 1 aromatic carbocycles. The van der Waals surface area contributed by atoms with Crippen LogP contribution in [-0.2, 0) is 26.7 Å². The monoisotopic (exact) mass is 435 g/mol. The number of benzene rings is 1. The predicted octanol–water partition coefficient (Wildman–Crippen LogP) is 1.93. The fraction of sp³-hybridized carbons (Fsp3) is 0.273. The van der Waals surface area contributed by atoms with Gasteiger partial charge in [0, 0.05) is 50.0 Å². The van der Waals surface area contributed by atoms with Crippen LogP contribution in [0, 0.1) is 12.7 Å². The molecule has 4 aromatic heterocycles. The molecular formula is C22H22FN7O2. The number of fused-ring (bicyclic) bond motifs is 3. The lowest BCUT2D eigenvalue weighted by Crippen LogP contribution is -2.39. The fourth-order valence-electron chi connectivity index (χ4n) is 4.10. The van der Waals surface area contributed by atoms with Crippen molar-refractivity contribution < 1.29 is 4.39 Å². The van der Waals surface area contributed by atoms with Crippen molar-refractivity contribution in [2.45, 2.75) is 33.0 Å². The third-order valence-electron chi connectivity index (χ3n) is 5.78. The van der Waals surface area contributed by atoms with Gasteiger partial charge in [-0.05, 0) is 19.4 Å². The summed E-state index contributed by atoms with van der Waals surface area (Å²) in [4.78, 5) is 34.9. The zero-order valence-corrected chi connectivity index (χ0v) is 17.8. The van der Waals surface area contributed by atoms with Gasteiger partial charge in [0.25, 0.3) is 5.56 Å². The topological polar surface area (TPSA) is 84.0 Å². The van der Waals surface area contributed by atoms with Crippen molar-refractivity contribution in [3.8, 4) is 0 Å². The normalized spacial score (nSPS) is 11.7. The van der Waals surface area contributed by atoms with E-state index in [1.54, 1.807) is 42.2 Å². The van der Waals surface area contributed by atoms with E-state index >= 15 is 0 Å². The lowest BCUT2D eigenvalue weighted by Gasteiger charge is -2.09. The van der Waals surface area contributed by atoms with Crippen molar-refractivity contribution in [3.05, 3.63) is 87.1 Å². The molecule has 0 aliphatic heterocycles. The first-order valence-electron chi connectivity index (χ1n) is 10.3. The Balaban J connectivity index is 1.60. The minimum Gasteiger partial charge on any atom is -0.337 e. The Bertz CT molecular complexity index is 1550. The van der Waals surface area contributed by atoms with E-state index in [0.29, 0.717) is 23.5 Å². The van der Waals surface area contributed by atoms with Gasteiger partial charge in [0.1, 0.15) is 5.82 Å². The van der Waals surface area contributed by atoms with Gasteiger partial charge in [-0.3, -0.25) is 18.3 Å². The fourth-order valence-corrected chi connectivity index (χ4v) is 4.10. The molecule has 0 saturated carbocycles. The third-order valence-corrected chi connectivity index (χ3v) is 5.78. The quantitative estimate of drug-likeness (QED) is 0.408. The highest BCUT2D eigenvalue weighted by molar-refractivity contribution is 5.75. The molecule has 0 saturated heterocycles. The van der Waals surface area contributed by atoms with E-state index in [-0.39, 0.29) is 12.1 Å². The SMILES string of the molecule is Cc1cn2c3c(=O)n(Cc4ccccc4F)c(=O)n(C)c3nc2n1CCCn1ccnc1. The van der Waals surface area contributed by atoms with E-state index in [0.717, 1.165) is 23.2 Å². The second kappa shape index (κ2) is 7.63. The van der Waals surface area contributed by atoms with E-state index in [2.05, 4.69) is 9.97 Å². The number of halogens is 1. The summed E-state index contributed by atoms with van der Waals surface area (Å²) < 4.78 is 22.3. The average molecular weight is 435 g/mol. The zero-order valence-electron chi connectivity index (χ0n) is 17.8. The molecule has 0 bridgehead atoms. The van der Waals surface area contributed by atoms with Crippen molar-refractivity contribution in [1.29, 1.82) is 0 Å². The average Bonchev–Trinajstić information content (AvgIpc) is 3.48. The van der Waals surface area contributed by atoms with Gasteiger partial charge in [0.15, 0.2) is 11.2 Å². The first-order chi connectivity index (χ1) is 15.5. The smallest absolute Gasteiger partial charge is 0.332 e. The van der Waals surface area contributed by atoms with Crippen molar-refractivity contribution in [3.63, 3.8) is 0 Å². The zero-order chi connectivity index (χ0) is 22.4. The number of rotatable bonds is 6. The van der Waals surface area contributed by atoms with E-state index < -0.39 is 17.1 Å². The van der Waals surface area contributed by atoms with Crippen molar-refractivity contribution in [1.82, 2.24) is 32.6 Å². The van der Waals surface area contributed by atoms with Crippen LogP contribution in [0.3, 0.4) is 0 Å². The molecule has 0 N–H and O–H groups in total. The van der Waals surface area contributed by atoms with Gasteiger partial charge in [-0.25, -0.2) is 14.2 Å². The van der Waals surface area contributed by atoms with Crippen LogP contribution < -0.4 is 11.2 Å². The first kappa shape index (κ1) is 20.0. The Kier molecular flexibility index (Phi) is 4.76. The van der Waals surface area contributed by atoms with Crippen LogP contribution in [0.2, 0.25) is 0 Å². The molecule has 9 nitrogen and oxygen atoms in total. The number of aromatic nitrogens is 7. The van der Waals surface area contributed by atoms with Gasteiger partial charge in [0.2, 0.25) is 5.78 Å². The molecule has 10 heteroatoms. The van der Waals surface area contributed by atoms with Gasteiger partial charge in [0.05, 0.1) is 12.9 Å². The number of aryl methyl sites for hydroxylation is 4. The Morgan fingerprint density at radius 2 is 1.91 bits per heavy atom. The molecule has 0 radical (unpaired) electrons. The molecule has 0 aliphatic carbocycles. The molecule has 4 heterocycles. The lowest BCUT2D eigenvalue weighted by molar-refractivity contribution is 0.564. The molecule has 0 spiro atoms. The van der Waals surface area contributed by atoms with Crippen LogP contribution in [0.15, 0.2) is 58.8 Å². The summed E-state index contributed by atoms with van der Waals surface area (Å²) in [6.07, 6.45) is 8.13. The van der Waals surface area contributed by atoms with Crippen LogP contribution in [0.1, 0.15) is 17.7 Å². The molecule has 32 heavy (non-hydrogen) atoms. The lowest BCUT2D eigenvalue weighted by atomic mass is 10.2. The third kappa shape index (κ3) is 3.15. The highest BCUT2D eigenvalue weighted by atomic mass is 19.1. The van der Waals surface area contributed by atoms with Crippen molar-refractivity contribution in [2.75, 3.05) is 0 Å². The van der Waals surface area contributed by atoms with Gasteiger partial charge >= 0.3 is 5.69 Å². The summed E-state index contributed by atoms with van der Waals surface area (Å²) in [7, 11) is 1.57. The number of imidazole rings is 3. The summed E-state index contributed by atoms with van der Waals surface area (Å²) in [5.74, 6) is 0.138. The van der Waals surface area contributed by atoms with Gasteiger partial charge in [-0.1, -0.05) is 18.2 Å². The van der Waals surface area contributed by atoms with Gasteiger partial charge < -0.3 is 9.13 Å². The Labute approximate surface area is 181 Å². The predicted molar refractivity (Wildman–Crippen MR) is 117 cm³/mol. The van der Waals surface area contributed by atoms with Crippen LogP contribution in [0.25, 0.3) is 16.9 Å². The van der Waals surface area contributed by atoms with Gasteiger partial charge in [-0.2, -0.15) is 4.98 Å². The number of nitrogens with zero attached hydrogens (tertiary/aromatic N) is 7. The van der Waals surface area contributed by atoms with E-state index in [1.807, 2.05) is 28.5 Å². The maximum Gasteiger partial charge on any atom is 0.332 e. The molecule has 0 amide bonds. The number of hydrogen-bond acceptors (Lipinski definition) is 4. The van der Waals surface area contributed by atoms with Crippen molar-refractivity contribution in [2.24, 2.45) is 7.05 Å². The minimum absolute atomic E-state index is 0.147. The minimum atomic E-state index is -0.533. The van der Waals surface area contributed by atoms with Crippen LogP contribution in [0.4, 0.5) is 4.39 Å². The first-order valence-corrected chi connectivity index (χ1v) is 10.3. The Morgan fingerprint density at radius 3 is 2.66 bits per heavy atom. The highest BCUT2D eigenvalue weighted by Gasteiger charge is 2.20. The van der Waals surface area contributed by atoms with Gasteiger partial charge in [-0.15, -0.1) is 0 Å². The van der Waals surface area contributed by atoms with Crippen LogP contribution in [-0.4, -0.2) is 32.6 Å². The number of hydrogen-bond donors (Lipinski definition) is 0. The molecule has 164 valence electrons.